The highest BCUT2D eigenvalue weighted by atomic mass is 19.1. The van der Waals surface area contributed by atoms with Crippen LogP contribution < -0.4 is 5.32 Å². The van der Waals surface area contributed by atoms with Gasteiger partial charge in [-0.2, -0.15) is 10.2 Å². The molecule has 1 unspecified atom stereocenters. The molecule has 0 saturated carbocycles. The van der Waals surface area contributed by atoms with Gasteiger partial charge in [0.1, 0.15) is 6.07 Å². The van der Waals surface area contributed by atoms with Crippen LogP contribution in [0.4, 0.5) is 16.0 Å². The SMILES string of the molecule is N#Cc1ccccc1Nc1nc2ccc(-c3ccc(CC(=O)C(F)c4ccccc4)cc3)cn2n1. The maximum Gasteiger partial charge on any atom is 0.247 e. The van der Waals surface area contributed by atoms with Crippen LogP contribution in [0.2, 0.25) is 0 Å². The molecule has 0 radical (unpaired) electrons. The fraction of sp³-hybridized carbons (Fsp3) is 0.0714. The molecule has 7 heteroatoms. The lowest BCUT2D eigenvalue weighted by Gasteiger charge is -2.08. The highest BCUT2D eigenvalue weighted by Gasteiger charge is 2.19. The third-order valence-electron chi connectivity index (χ3n) is 5.67. The van der Waals surface area contributed by atoms with Gasteiger partial charge >= 0.3 is 0 Å². The predicted molar refractivity (Wildman–Crippen MR) is 132 cm³/mol. The van der Waals surface area contributed by atoms with Crippen molar-refractivity contribution in [3.05, 3.63) is 114 Å². The summed E-state index contributed by atoms with van der Waals surface area (Å²) < 4.78 is 16.2. The number of rotatable bonds is 7. The molecular formula is C28H20FN5O. The van der Waals surface area contributed by atoms with Gasteiger partial charge in [0.25, 0.3) is 0 Å². The second-order valence-electron chi connectivity index (χ2n) is 8.05. The molecular weight excluding hydrogens is 441 g/mol. The zero-order valence-corrected chi connectivity index (χ0v) is 18.6. The Kier molecular flexibility index (Phi) is 6.01. The van der Waals surface area contributed by atoms with Crippen LogP contribution in [-0.2, 0) is 11.2 Å². The summed E-state index contributed by atoms with van der Waals surface area (Å²) in [7, 11) is 0. The highest BCUT2D eigenvalue weighted by Crippen LogP contribution is 2.24. The fourth-order valence-corrected chi connectivity index (χ4v) is 3.83. The highest BCUT2D eigenvalue weighted by molar-refractivity contribution is 5.86. The number of alkyl halides is 1. The van der Waals surface area contributed by atoms with Crippen molar-refractivity contribution in [3.8, 4) is 17.2 Å². The number of anilines is 2. The molecule has 170 valence electrons. The Balaban J connectivity index is 1.31. The number of fused-ring (bicyclic) bond motifs is 1. The molecule has 2 heterocycles. The van der Waals surface area contributed by atoms with Gasteiger partial charge in [-0.1, -0.05) is 66.7 Å². The van der Waals surface area contributed by atoms with E-state index in [0.29, 0.717) is 28.4 Å². The van der Waals surface area contributed by atoms with Crippen molar-refractivity contribution in [1.82, 2.24) is 14.6 Å². The number of nitrogens with zero attached hydrogens (tertiary/aromatic N) is 4. The first-order valence-corrected chi connectivity index (χ1v) is 11.0. The summed E-state index contributed by atoms with van der Waals surface area (Å²) >= 11 is 0. The Bertz CT molecular complexity index is 1540. The number of hydrogen-bond acceptors (Lipinski definition) is 5. The zero-order chi connectivity index (χ0) is 24.2. The monoisotopic (exact) mass is 461 g/mol. The summed E-state index contributed by atoms with van der Waals surface area (Å²) in [5.74, 6) is -0.0797. The van der Waals surface area contributed by atoms with E-state index >= 15 is 0 Å². The van der Waals surface area contributed by atoms with E-state index in [1.165, 1.54) is 0 Å². The molecule has 0 spiro atoms. The van der Waals surface area contributed by atoms with Crippen molar-refractivity contribution in [2.24, 2.45) is 0 Å². The minimum Gasteiger partial charge on any atom is -0.322 e. The van der Waals surface area contributed by atoms with Gasteiger partial charge in [-0.3, -0.25) is 4.79 Å². The summed E-state index contributed by atoms with van der Waals surface area (Å²) in [6.07, 6.45) is 0.252. The Hall–Kier alpha value is -4.83. The van der Waals surface area contributed by atoms with Crippen LogP contribution in [0.5, 0.6) is 0 Å². The predicted octanol–water partition coefficient (Wildman–Crippen LogP) is 5.83. The fourth-order valence-electron chi connectivity index (χ4n) is 3.83. The lowest BCUT2D eigenvalue weighted by atomic mass is 9.99. The van der Waals surface area contributed by atoms with E-state index in [2.05, 4.69) is 21.5 Å². The van der Waals surface area contributed by atoms with Gasteiger partial charge in [0.2, 0.25) is 5.95 Å². The quantitative estimate of drug-likeness (QED) is 0.330. The van der Waals surface area contributed by atoms with E-state index < -0.39 is 12.0 Å². The number of hydrogen-bond donors (Lipinski definition) is 1. The second-order valence-corrected chi connectivity index (χ2v) is 8.05. The number of nitriles is 1. The smallest absolute Gasteiger partial charge is 0.247 e. The molecule has 0 fully saturated rings. The van der Waals surface area contributed by atoms with Crippen LogP contribution in [0.25, 0.3) is 16.8 Å². The van der Waals surface area contributed by atoms with Gasteiger partial charge in [0.05, 0.1) is 11.3 Å². The van der Waals surface area contributed by atoms with Crippen LogP contribution in [-0.4, -0.2) is 20.4 Å². The average Bonchev–Trinajstić information content (AvgIpc) is 3.31. The molecule has 0 aliphatic heterocycles. The average molecular weight is 462 g/mol. The Labute approximate surface area is 201 Å². The van der Waals surface area contributed by atoms with Gasteiger partial charge in [-0.15, -0.1) is 5.10 Å². The van der Waals surface area contributed by atoms with Crippen LogP contribution >= 0.6 is 0 Å². The largest absolute Gasteiger partial charge is 0.322 e. The van der Waals surface area contributed by atoms with E-state index in [1.807, 2.05) is 48.7 Å². The van der Waals surface area contributed by atoms with Crippen LogP contribution in [0.3, 0.4) is 0 Å². The molecule has 3 aromatic carbocycles. The molecule has 1 N–H and O–H groups in total. The van der Waals surface area contributed by atoms with Crippen LogP contribution in [0.15, 0.2) is 97.2 Å². The van der Waals surface area contributed by atoms with Crippen molar-refractivity contribution in [3.63, 3.8) is 0 Å². The van der Waals surface area contributed by atoms with Crippen molar-refractivity contribution in [1.29, 1.82) is 5.26 Å². The number of halogens is 1. The maximum absolute atomic E-state index is 14.5. The van der Waals surface area contributed by atoms with Crippen LogP contribution in [0, 0.1) is 11.3 Å². The number of pyridine rings is 1. The number of aromatic nitrogens is 3. The van der Waals surface area contributed by atoms with E-state index in [4.69, 9.17) is 0 Å². The van der Waals surface area contributed by atoms with Gasteiger partial charge in [-0.25, -0.2) is 8.91 Å². The summed E-state index contributed by atoms with van der Waals surface area (Å²) in [6.45, 7) is 0. The third-order valence-corrected chi connectivity index (χ3v) is 5.67. The molecule has 0 saturated heterocycles. The van der Waals surface area contributed by atoms with E-state index in [-0.39, 0.29) is 6.42 Å². The number of ketones is 1. The first-order valence-electron chi connectivity index (χ1n) is 11.0. The molecule has 0 aliphatic carbocycles. The number of benzene rings is 3. The van der Waals surface area contributed by atoms with Crippen molar-refractivity contribution >= 4 is 23.1 Å². The van der Waals surface area contributed by atoms with E-state index in [0.717, 1.165) is 16.7 Å². The summed E-state index contributed by atoms with van der Waals surface area (Å²) in [5, 5.41) is 16.8. The Morgan fingerprint density at radius 2 is 1.66 bits per heavy atom. The third kappa shape index (κ3) is 4.77. The summed E-state index contributed by atoms with van der Waals surface area (Å²) in [6, 6.07) is 29.0. The molecule has 2 aromatic heterocycles. The minimum absolute atomic E-state index is 0.0254. The number of Topliss-reactive ketones (excluding diaryl/α,β-unsaturated/α-hetero) is 1. The molecule has 6 nitrogen and oxygen atoms in total. The molecule has 0 bridgehead atoms. The topological polar surface area (TPSA) is 83.1 Å². The normalized spacial score (nSPS) is 11.7. The Morgan fingerprint density at radius 3 is 2.43 bits per heavy atom. The lowest BCUT2D eigenvalue weighted by molar-refractivity contribution is -0.123. The summed E-state index contributed by atoms with van der Waals surface area (Å²) in [4.78, 5) is 16.8. The molecule has 5 aromatic rings. The molecule has 1 atom stereocenters. The minimum atomic E-state index is -1.63. The van der Waals surface area contributed by atoms with Crippen molar-refractivity contribution in [2.45, 2.75) is 12.6 Å². The van der Waals surface area contributed by atoms with Gasteiger partial charge in [-0.05, 0) is 41.0 Å². The Morgan fingerprint density at radius 1 is 0.943 bits per heavy atom. The van der Waals surface area contributed by atoms with Crippen LogP contribution in [0.1, 0.15) is 22.9 Å². The molecule has 0 amide bonds. The molecule has 5 rings (SSSR count). The number of para-hydroxylation sites is 1. The van der Waals surface area contributed by atoms with E-state index in [1.54, 1.807) is 53.0 Å². The number of nitrogens with one attached hydrogen (secondary N) is 1. The first kappa shape index (κ1) is 22.0. The summed E-state index contributed by atoms with van der Waals surface area (Å²) in [5.41, 5.74) is 4.78. The maximum atomic E-state index is 14.5. The molecule has 35 heavy (non-hydrogen) atoms. The lowest BCUT2D eigenvalue weighted by Crippen LogP contribution is -2.10. The standard InChI is InChI=1S/C28H20FN5O/c29-27(21-6-2-1-3-7-21)25(35)16-19-10-12-20(13-11-19)23-14-15-26-32-28(33-34(26)18-23)31-24-9-5-4-8-22(24)17-30/h1-15,18,27H,16H2,(H,31,33). The number of carbonyl (C=O) groups excluding carboxylic acids is 1. The van der Waals surface area contributed by atoms with Gasteiger partial charge in [0.15, 0.2) is 17.6 Å². The van der Waals surface area contributed by atoms with Gasteiger partial charge < -0.3 is 5.32 Å². The first-order chi connectivity index (χ1) is 17.1. The molecule has 0 aliphatic rings. The second kappa shape index (κ2) is 9.57. The van der Waals surface area contributed by atoms with Crippen molar-refractivity contribution < 1.29 is 9.18 Å². The number of carbonyl (C=O) groups is 1. The van der Waals surface area contributed by atoms with Gasteiger partial charge in [0, 0.05) is 18.2 Å². The zero-order valence-electron chi connectivity index (χ0n) is 18.6. The van der Waals surface area contributed by atoms with E-state index in [9.17, 15) is 14.4 Å². The van der Waals surface area contributed by atoms with Crippen molar-refractivity contribution in [2.75, 3.05) is 5.32 Å².